The summed E-state index contributed by atoms with van der Waals surface area (Å²) in [6, 6.07) is -0.330. The van der Waals surface area contributed by atoms with Crippen LogP contribution in [0.3, 0.4) is 0 Å². The molecular formula is C12H22N2O4. The van der Waals surface area contributed by atoms with Gasteiger partial charge in [-0.25, -0.2) is 9.59 Å². The lowest BCUT2D eigenvalue weighted by Gasteiger charge is -2.34. The first kappa shape index (κ1) is 14.8. The SMILES string of the molecule is CCCC(C)(NC(=O)N1CCOC(C)C1)C(=O)O. The van der Waals surface area contributed by atoms with Crippen molar-refractivity contribution in [2.24, 2.45) is 0 Å². The number of ether oxygens (including phenoxy) is 1. The lowest BCUT2D eigenvalue weighted by Crippen LogP contribution is -2.58. The Kier molecular flexibility index (Phi) is 4.95. The van der Waals surface area contributed by atoms with Crippen LogP contribution in [0.2, 0.25) is 0 Å². The van der Waals surface area contributed by atoms with Crippen molar-refractivity contribution in [3.8, 4) is 0 Å². The minimum atomic E-state index is -1.20. The molecule has 0 aromatic carbocycles. The highest BCUT2D eigenvalue weighted by Gasteiger charge is 2.35. The molecule has 6 nitrogen and oxygen atoms in total. The third kappa shape index (κ3) is 3.60. The Morgan fingerprint density at radius 2 is 2.22 bits per heavy atom. The second-order valence-electron chi connectivity index (χ2n) is 4.94. The van der Waals surface area contributed by atoms with Crippen molar-refractivity contribution in [3.63, 3.8) is 0 Å². The molecule has 1 aliphatic heterocycles. The normalized spacial score (nSPS) is 23.3. The van der Waals surface area contributed by atoms with E-state index in [1.54, 1.807) is 11.8 Å². The molecule has 0 aromatic heterocycles. The van der Waals surface area contributed by atoms with Crippen molar-refractivity contribution in [1.29, 1.82) is 0 Å². The molecule has 0 aromatic rings. The number of urea groups is 1. The number of carbonyl (C=O) groups is 2. The molecule has 2 amide bonds. The number of aliphatic carboxylic acids is 1. The van der Waals surface area contributed by atoms with Gasteiger partial charge in [-0.3, -0.25) is 0 Å². The predicted molar refractivity (Wildman–Crippen MR) is 66.5 cm³/mol. The lowest BCUT2D eigenvalue weighted by molar-refractivity contribution is -0.144. The van der Waals surface area contributed by atoms with Gasteiger partial charge in [-0.1, -0.05) is 13.3 Å². The van der Waals surface area contributed by atoms with Gasteiger partial charge in [-0.2, -0.15) is 0 Å². The summed E-state index contributed by atoms with van der Waals surface area (Å²) in [6.45, 7) is 6.81. The summed E-state index contributed by atoms with van der Waals surface area (Å²) in [5.74, 6) is -1.00. The maximum absolute atomic E-state index is 12.0. The van der Waals surface area contributed by atoms with E-state index in [0.29, 0.717) is 32.5 Å². The first-order valence-electron chi connectivity index (χ1n) is 6.31. The summed E-state index contributed by atoms with van der Waals surface area (Å²) in [6.07, 6.45) is 1.10. The Hall–Kier alpha value is -1.30. The molecule has 2 N–H and O–H groups in total. The number of carboxylic acids is 1. The molecule has 1 aliphatic rings. The fraction of sp³-hybridized carbons (Fsp3) is 0.833. The number of hydrogen-bond donors (Lipinski definition) is 2. The summed E-state index contributed by atoms with van der Waals surface area (Å²) >= 11 is 0. The van der Waals surface area contributed by atoms with E-state index in [2.05, 4.69) is 5.32 Å². The van der Waals surface area contributed by atoms with Gasteiger partial charge in [0.25, 0.3) is 0 Å². The highest BCUT2D eigenvalue weighted by molar-refractivity contribution is 5.85. The van der Waals surface area contributed by atoms with E-state index < -0.39 is 11.5 Å². The van der Waals surface area contributed by atoms with Gasteiger partial charge < -0.3 is 20.1 Å². The van der Waals surface area contributed by atoms with E-state index >= 15 is 0 Å². The fourth-order valence-corrected chi connectivity index (χ4v) is 2.04. The zero-order valence-corrected chi connectivity index (χ0v) is 11.2. The molecule has 0 radical (unpaired) electrons. The van der Waals surface area contributed by atoms with Crippen molar-refractivity contribution in [3.05, 3.63) is 0 Å². The van der Waals surface area contributed by atoms with Gasteiger partial charge in [0, 0.05) is 13.1 Å². The maximum Gasteiger partial charge on any atom is 0.329 e. The van der Waals surface area contributed by atoms with Crippen molar-refractivity contribution in [1.82, 2.24) is 10.2 Å². The summed E-state index contributed by atoms with van der Waals surface area (Å²) in [4.78, 5) is 24.9. The molecule has 0 aliphatic carbocycles. The lowest BCUT2D eigenvalue weighted by atomic mass is 9.96. The number of carbonyl (C=O) groups excluding carboxylic acids is 1. The minimum absolute atomic E-state index is 0.00763. The molecule has 2 unspecified atom stereocenters. The van der Waals surface area contributed by atoms with Crippen molar-refractivity contribution >= 4 is 12.0 Å². The number of rotatable bonds is 4. The molecule has 104 valence electrons. The largest absolute Gasteiger partial charge is 0.480 e. The van der Waals surface area contributed by atoms with Gasteiger partial charge in [0.2, 0.25) is 0 Å². The van der Waals surface area contributed by atoms with Gasteiger partial charge in [0.15, 0.2) is 0 Å². The van der Waals surface area contributed by atoms with Gasteiger partial charge in [0.05, 0.1) is 12.7 Å². The molecule has 0 saturated carbocycles. The van der Waals surface area contributed by atoms with Gasteiger partial charge in [-0.15, -0.1) is 0 Å². The van der Waals surface area contributed by atoms with E-state index in [-0.39, 0.29) is 12.1 Å². The number of morpholine rings is 1. The molecule has 6 heteroatoms. The van der Waals surface area contributed by atoms with Crippen LogP contribution in [0.5, 0.6) is 0 Å². The average Bonchev–Trinajstić information content (AvgIpc) is 2.29. The highest BCUT2D eigenvalue weighted by atomic mass is 16.5. The van der Waals surface area contributed by atoms with E-state index in [4.69, 9.17) is 4.74 Å². The van der Waals surface area contributed by atoms with Crippen molar-refractivity contribution in [2.75, 3.05) is 19.7 Å². The number of hydrogen-bond acceptors (Lipinski definition) is 3. The molecule has 1 rings (SSSR count). The van der Waals surface area contributed by atoms with Crippen LogP contribution in [0.1, 0.15) is 33.6 Å². The van der Waals surface area contributed by atoms with Gasteiger partial charge >= 0.3 is 12.0 Å². The Morgan fingerprint density at radius 1 is 1.56 bits per heavy atom. The number of carboxylic acid groups (broad SMARTS) is 1. The Balaban J connectivity index is 2.63. The topological polar surface area (TPSA) is 78.9 Å². The van der Waals surface area contributed by atoms with Crippen LogP contribution in [-0.4, -0.2) is 53.3 Å². The first-order valence-corrected chi connectivity index (χ1v) is 6.31. The maximum atomic E-state index is 12.0. The fourth-order valence-electron chi connectivity index (χ4n) is 2.04. The van der Waals surface area contributed by atoms with Crippen LogP contribution >= 0.6 is 0 Å². The molecule has 0 spiro atoms. The van der Waals surface area contributed by atoms with E-state index in [0.717, 1.165) is 0 Å². The van der Waals surface area contributed by atoms with Gasteiger partial charge in [0.1, 0.15) is 5.54 Å². The zero-order valence-electron chi connectivity index (χ0n) is 11.2. The van der Waals surface area contributed by atoms with Gasteiger partial charge in [-0.05, 0) is 20.3 Å². The third-order valence-electron chi connectivity index (χ3n) is 3.13. The standard InChI is InChI=1S/C12H22N2O4/c1-4-5-12(3,10(15)16)13-11(17)14-6-7-18-9(2)8-14/h9H,4-8H2,1-3H3,(H,13,17)(H,15,16). The molecule has 1 fully saturated rings. The Morgan fingerprint density at radius 3 is 2.72 bits per heavy atom. The second-order valence-corrected chi connectivity index (χ2v) is 4.94. The smallest absolute Gasteiger partial charge is 0.329 e. The minimum Gasteiger partial charge on any atom is -0.480 e. The van der Waals surface area contributed by atoms with Crippen LogP contribution < -0.4 is 5.32 Å². The summed E-state index contributed by atoms with van der Waals surface area (Å²) in [5, 5.41) is 11.8. The summed E-state index contributed by atoms with van der Waals surface area (Å²) < 4.78 is 5.35. The molecule has 1 heterocycles. The average molecular weight is 258 g/mol. The zero-order chi connectivity index (χ0) is 13.8. The van der Waals surface area contributed by atoms with E-state index in [9.17, 15) is 14.7 Å². The van der Waals surface area contributed by atoms with Crippen molar-refractivity contribution in [2.45, 2.75) is 45.3 Å². The van der Waals surface area contributed by atoms with E-state index in [1.807, 2.05) is 13.8 Å². The molecule has 18 heavy (non-hydrogen) atoms. The quantitative estimate of drug-likeness (QED) is 0.790. The monoisotopic (exact) mass is 258 g/mol. The summed E-state index contributed by atoms with van der Waals surface area (Å²) in [5.41, 5.74) is -1.20. The van der Waals surface area contributed by atoms with E-state index in [1.165, 1.54) is 0 Å². The van der Waals surface area contributed by atoms with Crippen molar-refractivity contribution < 1.29 is 19.4 Å². The molecular weight excluding hydrogens is 236 g/mol. The molecule has 2 atom stereocenters. The Labute approximate surface area is 107 Å². The Bertz CT molecular complexity index is 321. The molecule has 0 bridgehead atoms. The first-order chi connectivity index (χ1) is 8.39. The van der Waals surface area contributed by atoms with Crippen LogP contribution in [0.25, 0.3) is 0 Å². The van der Waals surface area contributed by atoms with Crippen LogP contribution in [0, 0.1) is 0 Å². The highest BCUT2D eigenvalue weighted by Crippen LogP contribution is 2.14. The number of amides is 2. The van der Waals surface area contributed by atoms with Crippen LogP contribution in [-0.2, 0) is 9.53 Å². The second kappa shape index (κ2) is 6.04. The molecule has 1 saturated heterocycles. The number of nitrogens with one attached hydrogen (secondary N) is 1. The number of nitrogens with zero attached hydrogens (tertiary/aromatic N) is 1. The van der Waals surface area contributed by atoms with Crippen LogP contribution in [0.15, 0.2) is 0 Å². The third-order valence-corrected chi connectivity index (χ3v) is 3.13. The predicted octanol–water partition coefficient (Wildman–Crippen LogP) is 1.06. The van der Waals surface area contributed by atoms with Crippen LogP contribution in [0.4, 0.5) is 4.79 Å². The summed E-state index contributed by atoms with van der Waals surface area (Å²) in [7, 11) is 0.